The number of carbonyl (C=O) groups is 4. The fraction of sp³-hybridized carbons (Fsp3) is 0.320. The Morgan fingerprint density at radius 3 is 1.98 bits per heavy atom. The van der Waals surface area contributed by atoms with Crippen LogP contribution < -0.4 is 15.5 Å². The average molecular weight is 871 g/mol. The predicted octanol–water partition coefficient (Wildman–Crippen LogP) is 8.54. The van der Waals surface area contributed by atoms with E-state index in [9.17, 15) is 37.8 Å². The van der Waals surface area contributed by atoms with Crippen LogP contribution in [-0.2, 0) is 27.7 Å². The number of Topliss-reactive ketones (excluding diaryl/α,β-unsaturated/α-hetero) is 1. The van der Waals surface area contributed by atoms with E-state index >= 15 is 0 Å². The SMILES string of the molecule is CCN(C1CCC(C(=O)O)CC1)S(=O)(=O)c1cccc(C(=O)Nc2ccc(N3CCCCC3)cc2C(=O)Nc2ccc(CCc3ccc(C(O)C(=O)c4ccccc4)cc3)cc2)c1. The van der Waals surface area contributed by atoms with Crippen LogP contribution in [0.4, 0.5) is 17.1 Å². The van der Waals surface area contributed by atoms with Crippen molar-refractivity contribution in [3.63, 3.8) is 0 Å². The molecule has 1 saturated carbocycles. The number of hydrogen-bond acceptors (Lipinski definition) is 8. The van der Waals surface area contributed by atoms with E-state index in [1.54, 1.807) is 55.5 Å². The Balaban J connectivity index is 1.02. The Kier molecular flexibility index (Phi) is 14.5. The highest BCUT2D eigenvalue weighted by atomic mass is 32.2. The Hall–Kier alpha value is -6.15. The summed E-state index contributed by atoms with van der Waals surface area (Å²) in [7, 11) is -4.01. The molecule has 1 aliphatic heterocycles. The highest BCUT2D eigenvalue weighted by molar-refractivity contribution is 7.89. The van der Waals surface area contributed by atoms with Crippen molar-refractivity contribution in [2.45, 2.75) is 81.8 Å². The number of aliphatic carboxylic acids is 1. The lowest BCUT2D eigenvalue weighted by Gasteiger charge is -2.34. The van der Waals surface area contributed by atoms with Crippen LogP contribution in [0.3, 0.4) is 0 Å². The fourth-order valence-corrected chi connectivity index (χ4v) is 10.3. The number of amides is 2. The van der Waals surface area contributed by atoms with Gasteiger partial charge in [0.25, 0.3) is 11.8 Å². The summed E-state index contributed by atoms with van der Waals surface area (Å²) in [5.41, 5.74) is 5.16. The summed E-state index contributed by atoms with van der Waals surface area (Å²) in [6.07, 6.45) is 5.10. The van der Waals surface area contributed by atoms with Gasteiger partial charge in [-0.1, -0.05) is 79.7 Å². The zero-order valence-electron chi connectivity index (χ0n) is 35.4. The Bertz CT molecular complexity index is 2520. The number of anilines is 3. The van der Waals surface area contributed by atoms with E-state index < -0.39 is 39.8 Å². The van der Waals surface area contributed by atoms with Gasteiger partial charge in [0.05, 0.1) is 22.1 Å². The number of aryl methyl sites for hydroxylation is 2. The first-order valence-electron chi connectivity index (χ1n) is 21.7. The lowest BCUT2D eigenvalue weighted by atomic mass is 9.86. The molecule has 1 unspecified atom stereocenters. The molecule has 5 aromatic rings. The molecule has 328 valence electrons. The summed E-state index contributed by atoms with van der Waals surface area (Å²) in [6.45, 7) is 3.66. The molecule has 63 heavy (non-hydrogen) atoms. The Morgan fingerprint density at radius 2 is 1.35 bits per heavy atom. The molecule has 0 bridgehead atoms. The van der Waals surface area contributed by atoms with Crippen LogP contribution in [0.25, 0.3) is 0 Å². The third kappa shape index (κ3) is 10.9. The van der Waals surface area contributed by atoms with Crippen molar-refractivity contribution in [3.05, 3.63) is 155 Å². The highest BCUT2D eigenvalue weighted by Gasteiger charge is 2.35. The van der Waals surface area contributed by atoms with Crippen molar-refractivity contribution < 1.29 is 37.8 Å². The van der Waals surface area contributed by atoms with E-state index in [2.05, 4.69) is 15.5 Å². The number of hydrogen-bond donors (Lipinski definition) is 4. The summed E-state index contributed by atoms with van der Waals surface area (Å²) in [5, 5.41) is 25.9. The van der Waals surface area contributed by atoms with E-state index in [0.29, 0.717) is 42.5 Å². The zero-order chi connectivity index (χ0) is 44.5. The Labute approximate surface area is 369 Å². The third-order valence-electron chi connectivity index (χ3n) is 12.2. The number of rotatable bonds is 16. The van der Waals surface area contributed by atoms with Crippen LogP contribution in [0.5, 0.6) is 0 Å². The third-order valence-corrected chi connectivity index (χ3v) is 14.2. The van der Waals surface area contributed by atoms with Crippen LogP contribution in [0.15, 0.2) is 126 Å². The van der Waals surface area contributed by atoms with Gasteiger partial charge in [-0.25, -0.2) is 8.42 Å². The first-order chi connectivity index (χ1) is 30.4. The van der Waals surface area contributed by atoms with Crippen molar-refractivity contribution in [3.8, 4) is 0 Å². The van der Waals surface area contributed by atoms with Gasteiger partial charge in [-0.3, -0.25) is 19.2 Å². The molecular formula is C50H54N4O8S. The van der Waals surface area contributed by atoms with Gasteiger partial charge in [0, 0.05) is 48.2 Å². The van der Waals surface area contributed by atoms with Crippen LogP contribution in [-0.4, -0.2) is 72.2 Å². The quantitative estimate of drug-likeness (QED) is 0.0709. The largest absolute Gasteiger partial charge is 0.481 e. The number of nitrogens with zero attached hydrogens (tertiary/aromatic N) is 2. The number of aliphatic hydroxyl groups is 1. The minimum absolute atomic E-state index is 0.0378. The maximum absolute atomic E-state index is 14.0. The second-order valence-corrected chi connectivity index (χ2v) is 18.2. The number of aliphatic hydroxyl groups excluding tert-OH is 1. The number of piperidine rings is 1. The van der Waals surface area contributed by atoms with Crippen LogP contribution in [0, 0.1) is 5.92 Å². The van der Waals surface area contributed by atoms with Crippen LogP contribution >= 0.6 is 0 Å². The van der Waals surface area contributed by atoms with Gasteiger partial charge in [0.1, 0.15) is 6.10 Å². The number of sulfonamides is 1. The average Bonchev–Trinajstić information content (AvgIpc) is 3.32. The van der Waals surface area contributed by atoms with Gasteiger partial charge in [-0.2, -0.15) is 4.31 Å². The standard InChI is InChI=1S/C50H54N4O8S/c1-2-54(41-26-22-38(23-27-41)50(59)60)63(61,62)43-13-9-12-39(32-43)48(57)52-45-29-28-42(53-30-7-4-8-31-53)33-44(45)49(58)51-40-24-18-35(19-25-40)15-14-34-16-20-37(21-17-34)47(56)46(55)36-10-5-3-6-11-36/h3,5-6,9-13,16-21,24-25,28-29,32-33,38,41,47,56H,2,4,7-8,14-15,22-23,26-27,30-31H2,1H3,(H,51,58)(H,52,57)(H,59,60). The number of benzene rings is 5. The van der Waals surface area contributed by atoms with Crippen LogP contribution in [0.1, 0.15) is 106 Å². The molecule has 1 aliphatic carbocycles. The van der Waals surface area contributed by atoms with Gasteiger partial charge in [-0.15, -0.1) is 0 Å². The van der Waals surface area contributed by atoms with Crippen molar-refractivity contribution >= 4 is 50.7 Å². The summed E-state index contributed by atoms with van der Waals surface area (Å²) < 4.78 is 29.3. The molecule has 4 N–H and O–H groups in total. The van der Waals surface area contributed by atoms with E-state index in [0.717, 1.165) is 62.0 Å². The molecular weight excluding hydrogens is 817 g/mol. The maximum atomic E-state index is 14.0. The molecule has 5 aromatic carbocycles. The molecule has 7 rings (SSSR count). The Morgan fingerprint density at radius 1 is 0.714 bits per heavy atom. The number of carboxylic acids is 1. The second-order valence-electron chi connectivity index (χ2n) is 16.3. The summed E-state index contributed by atoms with van der Waals surface area (Å²) in [6, 6.07) is 34.5. The first-order valence-corrected chi connectivity index (χ1v) is 23.2. The number of carbonyl (C=O) groups excluding carboxylic acids is 3. The van der Waals surface area contributed by atoms with Crippen LogP contribution in [0.2, 0.25) is 0 Å². The molecule has 2 fully saturated rings. The van der Waals surface area contributed by atoms with Gasteiger partial charge in [0.15, 0.2) is 5.78 Å². The summed E-state index contributed by atoms with van der Waals surface area (Å²) in [4.78, 5) is 54.3. The van der Waals surface area contributed by atoms with E-state index in [4.69, 9.17) is 0 Å². The second kappa shape index (κ2) is 20.4. The van der Waals surface area contributed by atoms with Gasteiger partial charge in [-0.05, 0) is 123 Å². The van der Waals surface area contributed by atoms with Gasteiger partial charge < -0.3 is 25.7 Å². The molecule has 1 heterocycles. The van der Waals surface area contributed by atoms with E-state index in [1.807, 2.05) is 48.5 Å². The van der Waals surface area contributed by atoms with E-state index in [1.165, 1.54) is 28.6 Å². The normalized spacial score (nSPS) is 17.2. The first kappa shape index (κ1) is 44.9. The molecule has 0 spiro atoms. The molecule has 12 nitrogen and oxygen atoms in total. The predicted molar refractivity (Wildman–Crippen MR) is 244 cm³/mol. The van der Waals surface area contributed by atoms with Crippen molar-refractivity contribution in [1.82, 2.24) is 4.31 Å². The summed E-state index contributed by atoms with van der Waals surface area (Å²) >= 11 is 0. The molecule has 0 radical (unpaired) electrons. The maximum Gasteiger partial charge on any atom is 0.306 e. The van der Waals surface area contributed by atoms with E-state index in [-0.39, 0.29) is 40.1 Å². The molecule has 2 amide bonds. The summed E-state index contributed by atoms with van der Waals surface area (Å²) in [5.74, 6) is -2.68. The minimum atomic E-state index is -4.01. The number of ketones is 1. The fourth-order valence-electron chi connectivity index (χ4n) is 8.56. The lowest BCUT2D eigenvalue weighted by Crippen LogP contribution is -2.42. The highest BCUT2D eigenvalue weighted by Crippen LogP contribution is 2.32. The smallest absolute Gasteiger partial charge is 0.306 e. The number of carboxylic acid groups (broad SMARTS) is 1. The molecule has 13 heteroatoms. The lowest BCUT2D eigenvalue weighted by molar-refractivity contribution is -0.143. The molecule has 2 aliphatic rings. The topological polar surface area (TPSA) is 173 Å². The monoisotopic (exact) mass is 870 g/mol. The zero-order valence-corrected chi connectivity index (χ0v) is 36.2. The number of nitrogens with one attached hydrogen (secondary N) is 2. The van der Waals surface area contributed by atoms with Crippen molar-refractivity contribution in [1.29, 1.82) is 0 Å². The van der Waals surface area contributed by atoms with Gasteiger partial charge >= 0.3 is 5.97 Å². The van der Waals surface area contributed by atoms with Gasteiger partial charge in [0.2, 0.25) is 10.0 Å². The molecule has 1 saturated heterocycles. The van der Waals surface area contributed by atoms with Crippen molar-refractivity contribution in [2.24, 2.45) is 5.92 Å². The molecule has 0 aromatic heterocycles. The van der Waals surface area contributed by atoms with Crippen molar-refractivity contribution in [2.75, 3.05) is 35.2 Å². The molecule has 1 atom stereocenters. The minimum Gasteiger partial charge on any atom is -0.481 e.